The molecule has 1 aromatic carbocycles. The van der Waals surface area contributed by atoms with Crippen LogP contribution in [-0.4, -0.2) is 97.0 Å². The molecule has 1 unspecified atom stereocenters. The summed E-state index contributed by atoms with van der Waals surface area (Å²) >= 11 is 6.28. The van der Waals surface area contributed by atoms with Crippen LogP contribution in [0.2, 0.25) is 5.02 Å². The minimum Gasteiger partial charge on any atom is -0.395 e. The normalized spacial score (nSPS) is 23.7. The molecule has 2 atom stereocenters. The Morgan fingerprint density at radius 2 is 1.88 bits per heavy atom. The average Bonchev–Trinajstić information content (AvgIpc) is 3.17. The number of Topliss-reactive ketones (excluding diaryl/α,β-unsaturated/α-hetero) is 1. The van der Waals surface area contributed by atoms with Crippen molar-refractivity contribution in [3.05, 3.63) is 35.6 Å². The summed E-state index contributed by atoms with van der Waals surface area (Å²) in [6.45, 7) is 4.25. The van der Waals surface area contributed by atoms with Crippen LogP contribution < -0.4 is 5.73 Å². The first kappa shape index (κ1) is 23.5. The van der Waals surface area contributed by atoms with Gasteiger partial charge >= 0.3 is 0 Å². The molecule has 0 spiro atoms. The standard InChI is InChI=1S/C21H28ClN5O4S/c22-17-13-24-12-15-2-1-3-19(20(15)17)32(30,31)27-5-4-16(21(27)23)18(29)14-26-8-6-25(7-9-26)10-11-28/h1-3,12-13,16,21,28H,4-11,14,23H2/t16?,21-/m1/s1. The molecule has 2 fully saturated rings. The van der Waals surface area contributed by atoms with E-state index in [1.165, 1.54) is 16.6 Å². The Bertz CT molecular complexity index is 1090. The lowest BCUT2D eigenvalue weighted by Gasteiger charge is -2.34. The SMILES string of the molecule is N[C@H]1C(C(=O)CN2CCN(CCO)CC2)CCN1S(=O)(=O)c1cccc2cncc(Cl)c12. The van der Waals surface area contributed by atoms with E-state index in [0.29, 0.717) is 23.7 Å². The number of rotatable bonds is 7. The van der Waals surface area contributed by atoms with Crippen LogP contribution in [0.1, 0.15) is 6.42 Å². The van der Waals surface area contributed by atoms with E-state index >= 15 is 0 Å². The number of aromatic nitrogens is 1. The number of hydrogen-bond donors (Lipinski definition) is 2. The van der Waals surface area contributed by atoms with Crippen molar-refractivity contribution in [3.8, 4) is 0 Å². The van der Waals surface area contributed by atoms with Crippen LogP contribution >= 0.6 is 11.6 Å². The molecule has 2 aromatic rings. The number of aliphatic hydroxyl groups is 1. The molecule has 174 valence electrons. The van der Waals surface area contributed by atoms with E-state index in [2.05, 4.69) is 14.8 Å². The predicted molar refractivity (Wildman–Crippen MR) is 122 cm³/mol. The van der Waals surface area contributed by atoms with Crippen molar-refractivity contribution in [1.82, 2.24) is 19.1 Å². The number of carbonyl (C=O) groups excluding carboxylic acids is 1. The van der Waals surface area contributed by atoms with Crippen LogP contribution in [-0.2, 0) is 14.8 Å². The van der Waals surface area contributed by atoms with Gasteiger partial charge in [-0.15, -0.1) is 0 Å². The first-order valence-corrected chi connectivity index (χ1v) is 12.5. The molecule has 3 N–H and O–H groups in total. The van der Waals surface area contributed by atoms with E-state index in [9.17, 15) is 13.2 Å². The molecule has 0 bridgehead atoms. The number of nitrogens with two attached hydrogens (primary N) is 1. The number of fused-ring (bicyclic) bond motifs is 1. The Morgan fingerprint density at radius 3 is 2.59 bits per heavy atom. The summed E-state index contributed by atoms with van der Waals surface area (Å²) in [5.41, 5.74) is 6.32. The molecule has 0 saturated carbocycles. The Morgan fingerprint density at radius 1 is 1.16 bits per heavy atom. The summed E-state index contributed by atoms with van der Waals surface area (Å²) in [5.74, 6) is -0.585. The third-order valence-electron chi connectivity index (χ3n) is 6.36. The maximum atomic E-state index is 13.5. The highest BCUT2D eigenvalue weighted by molar-refractivity contribution is 7.89. The summed E-state index contributed by atoms with van der Waals surface area (Å²) in [6.07, 6.45) is 2.46. The second-order valence-electron chi connectivity index (χ2n) is 8.28. The van der Waals surface area contributed by atoms with Gasteiger partial charge in [0.25, 0.3) is 0 Å². The van der Waals surface area contributed by atoms with Gasteiger partial charge < -0.3 is 10.8 Å². The van der Waals surface area contributed by atoms with Crippen molar-refractivity contribution in [2.45, 2.75) is 17.5 Å². The van der Waals surface area contributed by atoms with E-state index in [0.717, 1.165) is 26.2 Å². The number of piperazine rings is 1. The molecule has 11 heteroatoms. The molecule has 0 radical (unpaired) electrons. The van der Waals surface area contributed by atoms with Gasteiger partial charge in [0, 0.05) is 68.4 Å². The summed E-state index contributed by atoms with van der Waals surface area (Å²) in [7, 11) is -3.95. The molecule has 0 aliphatic carbocycles. The van der Waals surface area contributed by atoms with Gasteiger partial charge in [-0.05, 0) is 12.5 Å². The number of carbonyl (C=O) groups is 1. The Balaban J connectivity index is 1.48. The molecular weight excluding hydrogens is 454 g/mol. The van der Waals surface area contributed by atoms with Gasteiger partial charge in [0.1, 0.15) is 0 Å². The Hall–Kier alpha value is -1.66. The van der Waals surface area contributed by atoms with Crippen LogP contribution in [0.4, 0.5) is 0 Å². The highest BCUT2D eigenvalue weighted by Crippen LogP contribution is 2.34. The zero-order valence-corrected chi connectivity index (χ0v) is 19.3. The number of halogens is 1. The first-order valence-electron chi connectivity index (χ1n) is 10.7. The average molecular weight is 482 g/mol. The van der Waals surface area contributed by atoms with E-state index in [1.807, 2.05) is 0 Å². The number of aliphatic hydroxyl groups excluding tert-OH is 1. The molecule has 2 aliphatic rings. The van der Waals surface area contributed by atoms with Crippen molar-refractivity contribution >= 4 is 38.2 Å². The van der Waals surface area contributed by atoms with Gasteiger partial charge in [-0.1, -0.05) is 23.7 Å². The maximum Gasteiger partial charge on any atom is 0.245 e. The van der Waals surface area contributed by atoms with Crippen LogP contribution in [0.15, 0.2) is 35.5 Å². The highest BCUT2D eigenvalue weighted by Gasteiger charge is 2.43. The molecule has 0 amide bonds. The minimum absolute atomic E-state index is 0.0361. The lowest BCUT2D eigenvalue weighted by Crippen LogP contribution is -2.51. The number of benzene rings is 1. The number of ketones is 1. The van der Waals surface area contributed by atoms with Gasteiger partial charge in [0.2, 0.25) is 10.0 Å². The highest BCUT2D eigenvalue weighted by atomic mass is 35.5. The Labute approximate surface area is 192 Å². The van der Waals surface area contributed by atoms with E-state index in [4.69, 9.17) is 22.4 Å². The number of β-amino-alcohol motifs (C(OH)–C–C–N with tert-alkyl or cyclic N) is 1. The molecule has 32 heavy (non-hydrogen) atoms. The van der Waals surface area contributed by atoms with E-state index in [-0.39, 0.29) is 35.4 Å². The van der Waals surface area contributed by atoms with Crippen molar-refractivity contribution in [2.75, 3.05) is 52.4 Å². The molecule has 1 aromatic heterocycles. The van der Waals surface area contributed by atoms with Crippen molar-refractivity contribution in [3.63, 3.8) is 0 Å². The fourth-order valence-electron chi connectivity index (χ4n) is 4.57. The zero-order chi connectivity index (χ0) is 22.9. The largest absolute Gasteiger partial charge is 0.395 e. The third kappa shape index (κ3) is 4.54. The van der Waals surface area contributed by atoms with Gasteiger partial charge in [-0.2, -0.15) is 4.31 Å². The number of hydrogen-bond acceptors (Lipinski definition) is 8. The maximum absolute atomic E-state index is 13.5. The summed E-state index contributed by atoms with van der Waals surface area (Å²) in [5, 5.41) is 10.3. The lowest BCUT2D eigenvalue weighted by molar-refractivity contribution is -0.124. The minimum atomic E-state index is -3.95. The van der Waals surface area contributed by atoms with Gasteiger partial charge in [-0.3, -0.25) is 19.6 Å². The molecule has 9 nitrogen and oxygen atoms in total. The molecular formula is C21H28ClN5O4S. The van der Waals surface area contributed by atoms with E-state index < -0.39 is 22.1 Å². The van der Waals surface area contributed by atoms with Crippen LogP contribution in [0.25, 0.3) is 10.8 Å². The molecule has 4 rings (SSSR count). The quantitative estimate of drug-likeness (QED) is 0.581. The third-order valence-corrected chi connectivity index (χ3v) is 8.59. The molecule has 2 saturated heterocycles. The topological polar surface area (TPSA) is 120 Å². The number of sulfonamides is 1. The predicted octanol–water partition coefficient (Wildman–Crippen LogP) is 0.363. The monoisotopic (exact) mass is 481 g/mol. The number of nitrogens with zero attached hydrogens (tertiary/aromatic N) is 4. The van der Waals surface area contributed by atoms with Crippen molar-refractivity contribution in [1.29, 1.82) is 0 Å². The smallest absolute Gasteiger partial charge is 0.245 e. The fraction of sp³-hybridized carbons (Fsp3) is 0.524. The summed E-state index contributed by atoms with van der Waals surface area (Å²) < 4.78 is 28.2. The summed E-state index contributed by atoms with van der Waals surface area (Å²) in [6, 6.07) is 4.91. The second-order valence-corrected chi connectivity index (χ2v) is 10.6. The summed E-state index contributed by atoms with van der Waals surface area (Å²) in [4.78, 5) is 21.3. The molecule has 2 aliphatic heterocycles. The number of pyridine rings is 1. The fourth-order valence-corrected chi connectivity index (χ4v) is 6.69. The van der Waals surface area contributed by atoms with Gasteiger partial charge in [-0.25, -0.2) is 8.42 Å². The van der Waals surface area contributed by atoms with E-state index in [1.54, 1.807) is 18.3 Å². The van der Waals surface area contributed by atoms with Gasteiger partial charge in [0.05, 0.1) is 29.2 Å². The van der Waals surface area contributed by atoms with Crippen LogP contribution in [0.3, 0.4) is 0 Å². The van der Waals surface area contributed by atoms with Crippen molar-refractivity contribution in [2.24, 2.45) is 11.7 Å². The second kappa shape index (κ2) is 9.68. The molecule has 3 heterocycles. The lowest BCUT2D eigenvalue weighted by atomic mass is 10.00. The Kier molecular flexibility index (Phi) is 7.11. The van der Waals surface area contributed by atoms with Crippen LogP contribution in [0, 0.1) is 5.92 Å². The van der Waals surface area contributed by atoms with Crippen LogP contribution in [0.5, 0.6) is 0 Å². The van der Waals surface area contributed by atoms with Crippen molar-refractivity contribution < 1.29 is 18.3 Å². The van der Waals surface area contributed by atoms with Gasteiger partial charge in [0.15, 0.2) is 5.78 Å². The first-order chi connectivity index (χ1) is 15.3. The zero-order valence-electron chi connectivity index (χ0n) is 17.7.